The highest BCUT2D eigenvalue weighted by molar-refractivity contribution is 7.22. The molecule has 0 fully saturated rings. The molecule has 0 saturated carbocycles. The molecule has 2 aromatic heterocycles. The summed E-state index contributed by atoms with van der Waals surface area (Å²) < 4.78 is 17.6. The van der Waals surface area contributed by atoms with E-state index in [9.17, 15) is 14.7 Å². The normalized spacial score (nSPS) is 15.6. The van der Waals surface area contributed by atoms with Gasteiger partial charge in [0.25, 0.3) is 5.91 Å². The van der Waals surface area contributed by atoms with E-state index in [4.69, 9.17) is 13.9 Å². The second kappa shape index (κ2) is 10.1. The van der Waals surface area contributed by atoms with Crippen molar-refractivity contribution in [1.29, 1.82) is 0 Å². The Bertz CT molecular complexity index is 1500. The highest BCUT2D eigenvalue weighted by atomic mass is 32.1. The predicted molar refractivity (Wildman–Crippen MR) is 141 cm³/mol. The average molecular weight is 519 g/mol. The second-order valence-electron chi connectivity index (χ2n) is 8.73. The number of aromatic nitrogens is 1. The number of fused-ring (bicyclic) bond motifs is 1. The van der Waals surface area contributed by atoms with E-state index in [-0.39, 0.29) is 11.3 Å². The van der Waals surface area contributed by atoms with Gasteiger partial charge < -0.3 is 19.0 Å². The Labute approximate surface area is 217 Å². The van der Waals surface area contributed by atoms with Gasteiger partial charge in [-0.15, -0.1) is 0 Å². The molecule has 8 nitrogen and oxygen atoms in total. The maximum atomic E-state index is 13.5. The van der Waals surface area contributed by atoms with Crippen molar-refractivity contribution in [3.05, 3.63) is 83.0 Å². The minimum atomic E-state index is -0.953. The Morgan fingerprint density at radius 3 is 2.76 bits per heavy atom. The Hall–Kier alpha value is -4.11. The number of carbonyl (C=O) groups is 2. The standard InChI is InChI=1S/C28H26N2O6S/c1-4-5-12-35-19-11-9-17(15-21(19)34-3)24-23(25(31)20-7-6-13-36-20)26(32)27(33)30(24)28-29-18-10-8-16(2)14-22(18)37-28/h6-11,13-15,24,32H,4-5,12H2,1-3H3. The lowest BCUT2D eigenvalue weighted by Crippen LogP contribution is -2.31. The van der Waals surface area contributed by atoms with E-state index in [1.807, 2.05) is 25.1 Å². The Morgan fingerprint density at radius 1 is 1.19 bits per heavy atom. The highest BCUT2D eigenvalue weighted by Gasteiger charge is 2.46. The predicted octanol–water partition coefficient (Wildman–Crippen LogP) is 6.17. The van der Waals surface area contributed by atoms with Gasteiger partial charge in [0.15, 0.2) is 28.1 Å². The van der Waals surface area contributed by atoms with Crippen LogP contribution in [-0.2, 0) is 4.79 Å². The Morgan fingerprint density at radius 2 is 2.03 bits per heavy atom. The molecule has 1 amide bonds. The lowest BCUT2D eigenvalue weighted by atomic mass is 9.95. The summed E-state index contributed by atoms with van der Waals surface area (Å²) in [6, 6.07) is 13.2. The van der Waals surface area contributed by atoms with Crippen molar-refractivity contribution < 1.29 is 28.6 Å². The number of amides is 1. The van der Waals surface area contributed by atoms with Gasteiger partial charge in [0, 0.05) is 0 Å². The molecule has 0 bridgehead atoms. The van der Waals surface area contributed by atoms with Crippen LogP contribution in [0.3, 0.4) is 0 Å². The number of aryl methyl sites for hydroxylation is 1. The molecule has 1 atom stereocenters. The number of unbranched alkanes of at least 4 members (excludes halogenated alkanes) is 1. The third-order valence-corrected chi connectivity index (χ3v) is 7.21. The summed E-state index contributed by atoms with van der Waals surface area (Å²) in [5.41, 5.74) is 2.25. The van der Waals surface area contributed by atoms with Crippen LogP contribution in [0, 0.1) is 6.92 Å². The number of nitrogens with zero attached hydrogens (tertiary/aromatic N) is 2. The zero-order valence-corrected chi connectivity index (χ0v) is 21.5. The quantitative estimate of drug-likeness (QED) is 0.209. The van der Waals surface area contributed by atoms with E-state index >= 15 is 0 Å². The number of benzene rings is 2. The van der Waals surface area contributed by atoms with Crippen LogP contribution in [0.1, 0.15) is 47.5 Å². The van der Waals surface area contributed by atoms with E-state index in [0.717, 1.165) is 28.6 Å². The van der Waals surface area contributed by atoms with Crippen LogP contribution in [0.2, 0.25) is 0 Å². The fourth-order valence-corrected chi connectivity index (χ4v) is 5.40. The summed E-state index contributed by atoms with van der Waals surface area (Å²) in [5.74, 6) is -0.896. The van der Waals surface area contributed by atoms with Crippen molar-refractivity contribution in [3.8, 4) is 11.5 Å². The first kappa shape index (κ1) is 24.6. The Balaban J connectivity index is 1.63. The van der Waals surface area contributed by atoms with Gasteiger partial charge in [0.05, 0.1) is 41.8 Å². The molecular weight excluding hydrogens is 492 g/mol. The van der Waals surface area contributed by atoms with Crippen LogP contribution in [0.25, 0.3) is 10.2 Å². The minimum Gasteiger partial charge on any atom is -0.503 e. The third kappa shape index (κ3) is 4.46. The van der Waals surface area contributed by atoms with Crippen LogP contribution in [0.4, 0.5) is 5.13 Å². The van der Waals surface area contributed by atoms with Gasteiger partial charge in [-0.1, -0.05) is 36.8 Å². The van der Waals surface area contributed by atoms with Crippen molar-refractivity contribution in [2.45, 2.75) is 32.7 Å². The van der Waals surface area contributed by atoms with Crippen LogP contribution in [0.5, 0.6) is 11.5 Å². The van der Waals surface area contributed by atoms with Gasteiger partial charge in [0.2, 0.25) is 5.78 Å². The molecule has 0 aliphatic carbocycles. The molecule has 3 heterocycles. The number of ketones is 1. The monoisotopic (exact) mass is 518 g/mol. The summed E-state index contributed by atoms with van der Waals surface area (Å²) in [7, 11) is 1.53. The number of hydrogen-bond acceptors (Lipinski definition) is 8. The molecule has 4 aromatic rings. The molecule has 1 unspecified atom stereocenters. The van der Waals surface area contributed by atoms with Gasteiger partial charge in [-0.2, -0.15) is 0 Å². The van der Waals surface area contributed by atoms with Crippen molar-refractivity contribution in [2.24, 2.45) is 0 Å². The number of rotatable bonds is 9. The molecule has 190 valence electrons. The van der Waals surface area contributed by atoms with Crippen molar-refractivity contribution >= 4 is 38.4 Å². The molecule has 1 aliphatic rings. The maximum Gasteiger partial charge on any atom is 0.296 e. The number of hydrogen-bond donors (Lipinski definition) is 1. The summed E-state index contributed by atoms with van der Waals surface area (Å²) in [5, 5.41) is 11.3. The lowest BCUT2D eigenvalue weighted by molar-refractivity contribution is -0.117. The van der Waals surface area contributed by atoms with Crippen molar-refractivity contribution in [1.82, 2.24) is 4.98 Å². The van der Waals surface area contributed by atoms with Gasteiger partial charge in [-0.25, -0.2) is 4.98 Å². The van der Waals surface area contributed by atoms with E-state index in [1.54, 1.807) is 24.3 Å². The number of furan rings is 1. The van der Waals surface area contributed by atoms with Crippen LogP contribution < -0.4 is 14.4 Å². The van der Waals surface area contributed by atoms with Gasteiger partial charge in [-0.3, -0.25) is 14.5 Å². The zero-order chi connectivity index (χ0) is 26.1. The minimum absolute atomic E-state index is 0.0209. The van der Waals surface area contributed by atoms with Gasteiger partial charge >= 0.3 is 0 Å². The van der Waals surface area contributed by atoms with Crippen molar-refractivity contribution in [3.63, 3.8) is 0 Å². The zero-order valence-electron chi connectivity index (χ0n) is 20.7. The fraction of sp³-hybridized carbons (Fsp3) is 0.250. The summed E-state index contributed by atoms with van der Waals surface area (Å²) in [6.45, 7) is 4.59. The number of thiazole rings is 1. The summed E-state index contributed by atoms with van der Waals surface area (Å²) in [4.78, 5) is 33.0. The molecule has 9 heteroatoms. The molecule has 1 N–H and O–H groups in total. The molecule has 5 rings (SSSR count). The van der Waals surface area contributed by atoms with Gasteiger partial charge in [0.1, 0.15) is 0 Å². The molecule has 0 radical (unpaired) electrons. The highest BCUT2D eigenvalue weighted by Crippen LogP contribution is 2.45. The Kier molecular flexibility index (Phi) is 6.71. The van der Waals surface area contributed by atoms with Crippen LogP contribution in [-0.4, -0.2) is 35.5 Å². The first-order chi connectivity index (χ1) is 17.9. The number of ether oxygens (including phenoxy) is 2. The molecule has 1 aliphatic heterocycles. The maximum absolute atomic E-state index is 13.5. The first-order valence-corrected chi connectivity index (χ1v) is 12.8. The first-order valence-electron chi connectivity index (χ1n) is 12.0. The summed E-state index contributed by atoms with van der Waals surface area (Å²) >= 11 is 1.32. The van der Waals surface area contributed by atoms with Gasteiger partial charge in [-0.05, 0) is 60.9 Å². The van der Waals surface area contributed by atoms with E-state index in [2.05, 4.69) is 11.9 Å². The van der Waals surface area contributed by atoms with E-state index < -0.39 is 23.5 Å². The number of aliphatic hydroxyl groups is 1. The van der Waals surface area contributed by atoms with Crippen LogP contribution >= 0.6 is 11.3 Å². The molecule has 0 saturated heterocycles. The number of aliphatic hydroxyl groups excluding tert-OH is 1. The summed E-state index contributed by atoms with van der Waals surface area (Å²) in [6.07, 6.45) is 3.25. The fourth-order valence-electron chi connectivity index (χ4n) is 4.31. The van der Waals surface area contributed by atoms with E-state index in [0.29, 0.717) is 28.8 Å². The number of methoxy groups -OCH3 is 1. The number of carbonyl (C=O) groups excluding carboxylic acids is 2. The smallest absolute Gasteiger partial charge is 0.296 e. The topological polar surface area (TPSA) is 102 Å². The largest absolute Gasteiger partial charge is 0.503 e. The third-order valence-electron chi connectivity index (χ3n) is 6.20. The molecule has 0 spiro atoms. The SMILES string of the molecule is CCCCOc1ccc(C2C(C(=O)c3ccco3)=C(O)C(=O)N2c2nc3ccc(C)cc3s2)cc1OC. The second-order valence-corrected chi connectivity index (χ2v) is 9.74. The molecule has 37 heavy (non-hydrogen) atoms. The molecular formula is C28H26N2O6S. The number of anilines is 1. The number of Topliss-reactive ketones (excluding diaryl/α,β-unsaturated/α-hetero) is 1. The molecule has 2 aromatic carbocycles. The van der Waals surface area contributed by atoms with Crippen LogP contribution in [0.15, 0.2) is 70.5 Å². The lowest BCUT2D eigenvalue weighted by Gasteiger charge is -2.25. The van der Waals surface area contributed by atoms with E-state index in [1.165, 1.54) is 35.7 Å². The average Bonchev–Trinajstić information content (AvgIpc) is 3.63. The van der Waals surface area contributed by atoms with Crippen molar-refractivity contribution in [2.75, 3.05) is 18.6 Å².